The summed E-state index contributed by atoms with van der Waals surface area (Å²) in [5, 5.41) is 16.1. The fourth-order valence-corrected chi connectivity index (χ4v) is 4.94. The lowest BCUT2D eigenvalue weighted by molar-refractivity contribution is -0.387. The van der Waals surface area contributed by atoms with Crippen LogP contribution in [0.4, 0.5) is 11.4 Å². The highest BCUT2D eigenvalue weighted by Crippen LogP contribution is 2.37. The number of para-hydroxylation sites is 1. The molecule has 10 heteroatoms. The minimum Gasteiger partial charge on any atom is -0.495 e. The first-order valence-electron chi connectivity index (χ1n) is 11.9. The van der Waals surface area contributed by atoms with Gasteiger partial charge >= 0.3 is 5.97 Å². The predicted octanol–water partition coefficient (Wildman–Crippen LogP) is 6.84. The van der Waals surface area contributed by atoms with Crippen LogP contribution in [0.5, 0.6) is 5.75 Å². The lowest BCUT2D eigenvalue weighted by atomic mass is 10.1. The van der Waals surface area contributed by atoms with Crippen LogP contribution in [0.1, 0.15) is 17.3 Å². The molecule has 0 bridgehead atoms. The van der Waals surface area contributed by atoms with Gasteiger partial charge in [0.1, 0.15) is 16.9 Å². The summed E-state index contributed by atoms with van der Waals surface area (Å²) in [6.07, 6.45) is -1.20. The van der Waals surface area contributed by atoms with Gasteiger partial charge in [-0.15, -0.1) is 0 Å². The molecule has 0 saturated heterocycles. The number of hydrogen-bond donors (Lipinski definition) is 1. The number of carbonyl (C=O) groups is 2. The Hall–Kier alpha value is -4.83. The Balaban J connectivity index is 1.32. The standard InChI is InChI=1S/C29H22N2O7S/c1-17(28(32)30-22-16-25-21(15-26(22)36-2)20-10-6-7-11-24(20)38-25)37-29(33)18-12-13-27(23(14-18)31(34)35)39-19-8-4-3-5-9-19/h3-17H,1-2H3,(H,30,32). The zero-order chi connectivity index (χ0) is 27.5. The van der Waals surface area contributed by atoms with Crippen LogP contribution >= 0.6 is 11.8 Å². The van der Waals surface area contributed by atoms with Gasteiger partial charge in [0.25, 0.3) is 11.6 Å². The summed E-state index contributed by atoms with van der Waals surface area (Å²) in [4.78, 5) is 38.0. The van der Waals surface area contributed by atoms with Gasteiger partial charge in [-0.3, -0.25) is 14.9 Å². The fourth-order valence-electron chi connectivity index (χ4n) is 4.02. The minimum absolute atomic E-state index is 0.0416. The van der Waals surface area contributed by atoms with Crippen LogP contribution in [-0.2, 0) is 9.53 Å². The Bertz CT molecular complexity index is 1720. The first kappa shape index (κ1) is 25.8. The van der Waals surface area contributed by atoms with E-state index >= 15 is 0 Å². The molecule has 1 heterocycles. The van der Waals surface area contributed by atoms with E-state index in [1.165, 1.54) is 37.9 Å². The van der Waals surface area contributed by atoms with Crippen LogP contribution in [0.3, 0.4) is 0 Å². The molecule has 39 heavy (non-hydrogen) atoms. The summed E-state index contributed by atoms with van der Waals surface area (Å²) in [5.41, 5.74) is 1.31. The number of nitrogens with zero attached hydrogens (tertiary/aromatic N) is 1. The Kier molecular flexibility index (Phi) is 7.20. The van der Waals surface area contributed by atoms with E-state index in [1.807, 2.05) is 54.6 Å². The number of benzene rings is 4. The quantitative estimate of drug-likeness (QED) is 0.129. The zero-order valence-corrected chi connectivity index (χ0v) is 21.7. The fraction of sp³-hybridized carbons (Fsp3) is 0.103. The van der Waals surface area contributed by atoms with Crippen molar-refractivity contribution in [2.45, 2.75) is 22.8 Å². The average molecular weight is 543 g/mol. The van der Waals surface area contributed by atoms with Crippen molar-refractivity contribution < 1.29 is 28.4 Å². The van der Waals surface area contributed by atoms with Gasteiger partial charge in [0, 0.05) is 27.8 Å². The molecule has 1 N–H and O–H groups in total. The summed E-state index contributed by atoms with van der Waals surface area (Å²) >= 11 is 1.21. The second kappa shape index (κ2) is 10.9. The van der Waals surface area contributed by atoms with E-state index in [1.54, 1.807) is 12.1 Å². The van der Waals surface area contributed by atoms with Gasteiger partial charge in [0.05, 0.1) is 28.2 Å². The first-order chi connectivity index (χ1) is 18.8. The smallest absolute Gasteiger partial charge is 0.339 e. The van der Waals surface area contributed by atoms with Gasteiger partial charge in [0.15, 0.2) is 6.10 Å². The summed E-state index contributed by atoms with van der Waals surface area (Å²) in [6.45, 7) is 1.41. The molecule has 0 fully saturated rings. The lowest BCUT2D eigenvalue weighted by Gasteiger charge is -2.15. The Morgan fingerprint density at radius 3 is 2.44 bits per heavy atom. The van der Waals surface area contributed by atoms with E-state index < -0.39 is 22.9 Å². The molecule has 4 aromatic carbocycles. The highest BCUT2D eigenvalue weighted by atomic mass is 32.2. The molecule has 1 unspecified atom stereocenters. The second-order valence-corrected chi connectivity index (χ2v) is 9.65. The summed E-state index contributed by atoms with van der Waals surface area (Å²) in [5.74, 6) is -1.07. The molecule has 196 valence electrons. The number of anilines is 1. The molecule has 0 saturated carbocycles. The first-order valence-corrected chi connectivity index (χ1v) is 12.7. The molecule has 5 rings (SSSR count). The molecule has 5 aromatic rings. The molecule has 1 atom stereocenters. The van der Waals surface area contributed by atoms with Gasteiger partial charge < -0.3 is 19.2 Å². The number of nitrogens with one attached hydrogen (secondary N) is 1. The summed E-state index contributed by atoms with van der Waals surface area (Å²) in [7, 11) is 1.48. The Morgan fingerprint density at radius 2 is 1.69 bits per heavy atom. The van der Waals surface area contributed by atoms with Crippen LogP contribution in [0.15, 0.2) is 99.1 Å². The van der Waals surface area contributed by atoms with E-state index in [-0.39, 0.29) is 11.3 Å². The molecule has 0 spiro atoms. The van der Waals surface area contributed by atoms with E-state index in [4.69, 9.17) is 13.9 Å². The van der Waals surface area contributed by atoms with Crippen LogP contribution in [0, 0.1) is 10.1 Å². The van der Waals surface area contributed by atoms with Crippen LogP contribution < -0.4 is 10.1 Å². The average Bonchev–Trinajstić information content (AvgIpc) is 3.30. The third-order valence-electron chi connectivity index (χ3n) is 5.97. The van der Waals surface area contributed by atoms with E-state index in [0.29, 0.717) is 27.5 Å². The number of nitro groups is 1. The van der Waals surface area contributed by atoms with Crippen molar-refractivity contribution in [3.05, 3.63) is 101 Å². The molecule has 1 aromatic heterocycles. The number of furan rings is 1. The van der Waals surface area contributed by atoms with Crippen LogP contribution in [0.2, 0.25) is 0 Å². The van der Waals surface area contributed by atoms with Gasteiger partial charge in [-0.1, -0.05) is 48.2 Å². The highest BCUT2D eigenvalue weighted by molar-refractivity contribution is 7.99. The normalized spacial score (nSPS) is 11.7. The van der Waals surface area contributed by atoms with Crippen molar-refractivity contribution in [3.8, 4) is 5.75 Å². The second-order valence-electron chi connectivity index (χ2n) is 8.54. The third kappa shape index (κ3) is 5.41. The predicted molar refractivity (Wildman–Crippen MR) is 147 cm³/mol. The van der Waals surface area contributed by atoms with Crippen molar-refractivity contribution in [2.75, 3.05) is 12.4 Å². The van der Waals surface area contributed by atoms with E-state index in [9.17, 15) is 19.7 Å². The topological polar surface area (TPSA) is 121 Å². The number of fused-ring (bicyclic) bond motifs is 3. The minimum atomic E-state index is -1.20. The van der Waals surface area contributed by atoms with Crippen LogP contribution in [-0.4, -0.2) is 30.0 Å². The zero-order valence-electron chi connectivity index (χ0n) is 20.9. The van der Waals surface area contributed by atoms with Crippen molar-refractivity contribution in [2.24, 2.45) is 0 Å². The van der Waals surface area contributed by atoms with Crippen molar-refractivity contribution >= 4 is 57.0 Å². The molecular formula is C29H22N2O7S. The number of ether oxygens (including phenoxy) is 2. The molecule has 9 nitrogen and oxygen atoms in total. The number of nitro benzene ring substituents is 1. The molecule has 0 aliphatic rings. The molecule has 0 aliphatic carbocycles. The molecular weight excluding hydrogens is 520 g/mol. The monoisotopic (exact) mass is 542 g/mol. The van der Waals surface area contributed by atoms with Crippen molar-refractivity contribution in [1.82, 2.24) is 0 Å². The largest absolute Gasteiger partial charge is 0.495 e. The maximum Gasteiger partial charge on any atom is 0.339 e. The van der Waals surface area contributed by atoms with Gasteiger partial charge in [-0.05, 0) is 43.3 Å². The van der Waals surface area contributed by atoms with Crippen molar-refractivity contribution in [3.63, 3.8) is 0 Å². The van der Waals surface area contributed by atoms with Gasteiger partial charge in [0.2, 0.25) is 0 Å². The lowest BCUT2D eigenvalue weighted by Crippen LogP contribution is -2.30. The number of rotatable bonds is 8. The van der Waals surface area contributed by atoms with Gasteiger partial charge in [-0.2, -0.15) is 0 Å². The SMILES string of the molecule is COc1cc2c(cc1NC(=O)C(C)OC(=O)c1ccc(Sc3ccccc3)c([N+](=O)[O-])c1)oc1ccccc12. The maximum atomic E-state index is 12.9. The number of carbonyl (C=O) groups excluding carboxylic acids is 2. The maximum absolute atomic E-state index is 12.9. The van der Waals surface area contributed by atoms with Crippen molar-refractivity contribution in [1.29, 1.82) is 0 Å². The van der Waals surface area contributed by atoms with Crippen LogP contribution in [0.25, 0.3) is 21.9 Å². The number of amides is 1. The molecule has 0 radical (unpaired) electrons. The highest BCUT2D eigenvalue weighted by Gasteiger charge is 2.24. The van der Waals surface area contributed by atoms with Gasteiger partial charge in [-0.25, -0.2) is 4.79 Å². The summed E-state index contributed by atoms with van der Waals surface area (Å²) < 4.78 is 16.7. The number of hydrogen-bond acceptors (Lipinski definition) is 8. The Labute approximate surface area is 226 Å². The third-order valence-corrected chi connectivity index (χ3v) is 7.05. The molecule has 0 aliphatic heterocycles. The number of methoxy groups -OCH3 is 1. The van der Waals surface area contributed by atoms with E-state index in [2.05, 4.69) is 5.32 Å². The summed E-state index contributed by atoms with van der Waals surface area (Å²) in [6, 6.07) is 24.2. The molecule has 1 amide bonds. The Morgan fingerprint density at radius 1 is 0.949 bits per heavy atom. The van der Waals surface area contributed by atoms with E-state index in [0.717, 1.165) is 21.7 Å². The number of esters is 1.